The van der Waals surface area contributed by atoms with E-state index in [0.717, 1.165) is 0 Å². The third-order valence-electron chi connectivity index (χ3n) is 2.87. The number of nitrogens with zero attached hydrogens (tertiary/aromatic N) is 2. The fraction of sp³-hybridized carbons (Fsp3) is 0.500. The fourth-order valence-corrected chi connectivity index (χ4v) is 1.94. The molecule has 7 nitrogen and oxygen atoms in total. The molecule has 116 valence electrons. The van der Waals surface area contributed by atoms with Gasteiger partial charge in [-0.2, -0.15) is 0 Å². The number of amides is 1. The Morgan fingerprint density at radius 1 is 1.48 bits per heavy atom. The molecule has 1 rings (SSSR count). The first-order valence-electron chi connectivity index (χ1n) is 6.53. The summed E-state index contributed by atoms with van der Waals surface area (Å²) in [6, 6.07) is 3.97. The number of ether oxygens (including phenoxy) is 1. The highest BCUT2D eigenvalue weighted by Gasteiger charge is 2.24. The molecule has 0 fully saturated rings. The molecule has 0 saturated heterocycles. The summed E-state index contributed by atoms with van der Waals surface area (Å²) >= 11 is 0. The van der Waals surface area contributed by atoms with Crippen LogP contribution in [0.1, 0.15) is 31.1 Å². The van der Waals surface area contributed by atoms with E-state index in [9.17, 15) is 20.0 Å². The van der Waals surface area contributed by atoms with E-state index in [1.54, 1.807) is 20.8 Å². The second-order valence-corrected chi connectivity index (χ2v) is 5.28. The lowest BCUT2D eigenvalue weighted by Gasteiger charge is -2.28. The van der Waals surface area contributed by atoms with E-state index in [-0.39, 0.29) is 29.5 Å². The van der Waals surface area contributed by atoms with Crippen molar-refractivity contribution in [3.8, 4) is 5.75 Å². The van der Waals surface area contributed by atoms with Gasteiger partial charge in [-0.05, 0) is 26.8 Å². The largest absolute Gasteiger partial charge is 0.490 e. The number of nitro benzene ring substituents is 1. The molecule has 0 aliphatic rings. The van der Waals surface area contributed by atoms with Crippen LogP contribution in [-0.4, -0.2) is 46.6 Å². The van der Waals surface area contributed by atoms with Gasteiger partial charge < -0.3 is 14.7 Å². The number of likely N-dealkylation sites (N-methyl/N-ethyl adjacent to an activating group) is 1. The Labute approximate surface area is 123 Å². The van der Waals surface area contributed by atoms with Crippen molar-refractivity contribution in [3.63, 3.8) is 0 Å². The Morgan fingerprint density at radius 3 is 2.52 bits per heavy atom. The zero-order valence-corrected chi connectivity index (χ0v) is 12.6. The van der Waals surface area contributed by atoms with E-state index < -0.39 is 10.5 Å². The fourth-order valence-electron chi connectivity index (χ4n) is 1.94. The molecule has 1 aromatic rings. The van der Waals surface area contributed by atoms with Gasteiger partial charge >= 0.3 is 5.69 Å². The lowest BCUT2D eigenvalue weighted by molar-refractivity contribution is -0.385. The highest BCUT2D eigenvalue weighted by molar-refractivity contribution is 5.95. The van der Waals surface area contributed by atoms with Gasteiger partial charge in [0.2, 0.25) is 0 Å². The summed E-state index contributed by atoms with van der Waals surface area (Å²) in [5.74, 6) is -0.280. The standard InChI is InChI=1S/C14H20N2O5/c1-5-15(9-14(2,3)18)13(17)10-6-7-11(16(19)20)12(8-10)21-4/h6-8,18H,5,9H2,1-4H3. The van der Waals surface area contributed by atoms with Gasteiger partial charge in [-0.15, -0.1) is 0 Å². The summed E-state index contributed by atoms with van der Waals surface area (Å²) in [5, 5.41) is 20.7. The smallest absolute Gasteiger partial charge is 0.310 e. The Balaban J connectivity index is 3.09. The molecule has 0 spiro atoms. The predicted octanol–water partition coefficient (Wildman–Crippen LogP) is 1.84. The first-order valence-corrected chi connectivity index (χ1v) is 6.53. The van der Waals surface area contributed by atoms with Crippen LogP contribution < -0.4 is 4.74 Å². The number of hydrogen-bond donors (Lipinski definition) is 1. The molecule has 21 heavy (non-hydrogen) atoms. The molecule has 7 heteroatoms. The number of nitro groups is 1. The summed E-state index contributed by atoms with van der Waals surface area (Å²) in [6.45, 7) is 5.61. The number of methoxy groups -OCH3 is 1. The molecule has 0 aromatic heterocycles. The predicted molar refractivity (Wildman–Crippen MR) is 77.5 cm³/mol. The highest BCUT2D eigenvalue weighted by Crippen LogP contribution is 2.28. The van der Waals surface area contributed by atoms with E-state index >= 15 is 0 Å². The lowest BCUT2D eigenvalue weighted by atomic mass is 10.1. The molecule has 0 atom stereocenters. The Morgan fingerprint density at radius 2 is 2.10 bits per heavy atom. The third kappa shape index (κ3) is 4.42. The van der Waals surface area contributed by atoms with Gasteiger partial charge in [-0.1, -0.05) is 0 Å². The molecule has 0 bridgehead atoms. The number of benzene rings is 1. The van der Waals surface area contributed by atoms with Crippen LogP contribution in [0.4, 0.5) is 5.69 Å². The highest BCUT2D eigenvalue weighted by atomic mass is 16.6. The maximum Gasteiger partial charge on any atom is 0.310 e. The van der Waals surface area contributed by atoms with E-state index in [1.165, 1.54) is 30.2 Å². The molecule has 0 aliphatic heterocycles. The lowest BCUT2D eigenvalue weighted by Crippen LogP contribution is -2.42. The van der Waals surface area contributed by atoms with Gasteiger partial charge in [0.05, 0.1) is 17.6 Å². The minimum atomic E-state index is -1.02. The van der Waals surface area contributed by atoms with Gasteiger partial charge in [0.25, 0.3) is 5.91 Å². The second kappa shape index (κ2) is 6.53. The molecular weight excluding hydrogens is 276 g/mol. The van der Waals surface area contributed by atoms with Crippen molar-refractivity contribution in [3.05, 3.63) is 33.9 Å². The quantitative estimate of drug-likeness (QED) is 0.638. The number of rotatable bonds is 6. The second-order valence-electron chi connectivity index (χ2n) is 5.28. The summed E-state index contributed by atoms with van der Waals surface area (Å²) in [7, 11) is 1.31. The van der Waals surface area contributed by atoms with Gasteiger partial charge in [0, 0.05) is 30.8 Å². The maximum absolute atomic E-state index is 12.4. The molecule has 0 aliphatic carbocycles. The maximum atomic E-state index is 12.4. The van der Waals surface area contributed by atoms with Crippen LogP contribution in [0.15, 0.2) is 18.2 Å². The molecule has 1 aromatic carbocycles. The van der Waals surface area contributed by atoms with Gasteiger partial charge in [0.1, 0.15) is 0 Å². The van der Waals surface area contributed by atoms with Crippen LogP contribution in [0.25, 0.3) is 0 Å². The number of hydrogen-bond acceptors (Lipinski definition) is 5. The number of carbonyl (C=O) groups is 1. The van der Waals surface area contributed by atoms with E-state index in [4.69, 9.17) is 4.74 Å². The minimum absolute atomic E-state index is 0.0326. The van der Waals surface area contributed by atoms with Gasteiger partial charge in [-0.25, -0.2) is 0 Å². The molecule has 0 radical (unpaired) electrons. The zero-order chi connectivity index (χ0) is 16.2. The first kappa shape index (κ1) is 16.9. The topological polar surface area (TPSA) is 92.9 Å². The van der Waals surface area contributed by atoms with Crippen LogP contribution in [0, 0.1) is 10.1 Å². The summed E-state index contributed by atoms with van der Waals surface area (Å²) in [6.07, 6.45) is 0. The van der Waals surface area contributed by atoms with Crippen molar-refractivity contribution < 1.29 is 19.6 Å². The van der Waals surface area contributed by atoms with Crippen LogP contribution in [0.2, 0.25) is 0 Å². The molecule has 0 heterocycles. The number of aliphatic hydroxyl groups is 1. The molecule has 1 amide bonds. The van der Waals surface area contributed by atoms with Crippen LogP contribution in [0.5, 0.6) is 5.75 Å². The molecule has 0 unspecified atom stereocenters. The molecule has 0 saturated carbocycles. The SMILES string of the molecule is CCN(CC(C)(C)O)C(=O)c1ccc([N+](=O)[O-])c(OC)c1. The summed E-state index contributed by atoms with van der Waals surface area (Å²) in [4.78, 5) is 24.1. The van der Waals surface area contributed by atoms with Crippen LogP contribution >= 0.6 is 0 Å². The summed E-state index contributed by atoms with van der Waals surface area (Å²) < 4.78 is 4.95. The van der Waals surface area contributed by atoms with Crippen molar-refractivity contribution in [1.82, 2.24) is 4.90 Å². The molecular formula is C14H20N2O5. The van der Waals surface area contributed by atoms with Crippen molar-refractivity contribution in [2.45, 2.75) is 26.4 Å². The molecule has 1 N–H and O–H groups in total. The van der Waals surface area contributed by atoms with Crippen molar-refractivity contribution in [1.29, 1.82) is 0 Å². The average molecular weight is 296 g/mol. The monoisotopic (exact) mass is 296 g/mol. The van der Waals surface area contributed by atoms with Crippen molar-refractivity contribution >= 4 is 11.6 Å². The van der Waals surface area contributed by atoms with Crippen LogP contribution in [0.3, 0.4) is 0 Å². The Hall–Kier alpha value is -2.15. The average Bonchev–Trinajstić information content (AvgIpc) is 2.42. The third-order valence-corrected chi connectivity index (χ3v) is 2.87. The summed E-state index contributed by atoms with van der Waals surface area (Å²) in [5.41, 5.74) is -0.931. The van der Waals surface area contributed by atoms with Gasteiger partial charge in [-0.3, -0.25) is 14.9 Å². The van der Waals surface area contributed by atoms with Crippen LogP contribution in [-0.2, 0) is 0 Å². The zero-order valence-electron chi connectivity index (χ0n) is 12.6. The van der Waals surface area contributed by atoms with E-state index in [1.807, 2.05) is 0 Å². The van der Waals surface area contributed by atoms with E-state index in [2.05, 4.69) is 0 Å². The normalized spacial score (nSPS) is 11.1. The minimum Gasteiger partial charge on any atom is -0.490 e. The van der Waals surface area contributed by atoms with Gasteiger partial charge in [0.15, 0.2) is 5.75 Å². The number of carbonyl (C=O) groups excluding carboxylic acids is 1. The van der Waals surface area contributed by atoms with Crippen molar-refractivity contribution in [2.75, 3.05) is 20.2 Å². The Bertz CT molecular complexity index is 537. The Kier molecular flexibility index (Phi) is 5.26. The van der Waals surface area contributed by atoms with Crippen molar-refractivity contribution in [2.24, 2.45) is 0 Å². The van der Waals surface area contributed by atoms with E-state index in [0.29, 0.717) is 6.54 Å². The first-order chi connectivity index (χ1) is 9.69.